The van der Waals surface area contributed by atoms with Gasteiger partial charge in [-0.1, -0.05) is 13.3 Å². The Balaban J connectivity index is 3.47. The summed E-state index contributed by atoms with van der Waals surface area (Å²) in [5.74, 6) is 0. The Labute approximate surface area is 73.4 Å². The van der Waals surface area contributed by atoms with E-state index in [1.54, 1.807) is 0 Å². The second-order valence-corrected chi connectivity index (χ2v) is 5.30. The minimum absolute atomic E-state index is 0.465. The van der Waals surface area contributed by atoms with Crippen LogP contribution in [0.5, 0.6) is 0 Å². The Morgan fingerprint density at radius 2 is 2.18 bits per heavy atom. The predicted octanol–water partition coefficient (Wildman–Crippen LogP) is 1.63. The first-order chi connectivity index (χ1) is 5.12. The zero-order chi connectivity index (χ0) is 8.74. The molecule has 1 unspecified atom stereocenters. The van der Waals surface area contributed by atoms with Crippen LogP contribution in [-0.4, -0.2) is 18.0 Å². The zero-order valence-electron chi connectivity index (χ0n) is 7.04. The van der Waals surface area contributed by atoms with Crippen molar-refractivity contribution in [2.75, 3.05) is 13.2 Å². The monoisotopic (exact) mass is 197 g/mol. The molecule has 5 heteroatoms. The fourth-order valence-corrected chi connectivity index (χ4v) is 2.09. The Hall–Kier alpha value is 0.530. The number of unbranched alkanes of at least 4 members (excludes halogenated alkanes) is 1. The van der Waals surface area contributed by atoms with Crippen LogP contribution in [0.2, 0.25) is 0 Å². The summed E-state index contributed by atoms with van der Waals surface area (Å²) < 4.78 is 4.95. The molecule has 0 aromatic carbocycles. The molecular formula is C6H16NO2PS. The molecule has 0 heterocycles. The van der Waals surface area contributed by atoms with Crippen LogP contribution in [0.1, 0.15) is 26.7 Å². The summed E-state index contributed by atoms with van der Waals surface area (Å²) in [6.45, 7) is 2.47. The minimum Gasteiger partial charge on any atom is -0.334 e. The molecular weight excluding hydrogens is 181 g/mol. The van der Waals surface area contributed by atoms with Gasteiger partial charge in [0.05, 0.1) is 6.61 Å². The first-order valence-electron chi connectivity index (χ1n) is 3.85. The molecule has 0 aliphatic carbocycles. The van der Waals surface area contributed by atoms with Crippen molar-refractivity contribution in [3.05, 3.63) is 0 Å². The van der Waals surface area contributed by atoms with Crippen molar-refractivity contribution < 1.29 is 9.42 Å². The summed E-state index contributed by atoms with van der Waals surface area (Å²) in [6, 6.07) is 0. The molecule has 0 bridgehead atoms. The molecule has 11 heavy (non-hydrogen) atoms. The molecule has 0 saturated heterocycles. The van der Waals surface area contributed by atoms with E-state index < -0.39 is 6.64 Å². The molecule has 0 aliphatic heterocycles. The average Bonchev–Trinajstić information content (AvgIpc) is 1.87. The lowest BCUT2D eigenvalue weighted by atomic mass is 10.3. The Morgan fingerprint density at radius 1 is 1.55 bits per heavy atom. The van der Waals surface area contributed by atoms with Gasteiger partial charge in [-0.25, -0.2) is 5.09 Å². The molecule has 1 atom stereocenters. The van der Waals surface area contributed by atoms with Crippen molar-refractivity contribution in [2.24, 2.45) is 0 Å². The van der Waals surface area contributed by atoms with Crippen LogP contribution in [0.15, 0.2) is 0 Å². The SMILES string of the molecule is CCCCNP(O)(=S)OCC. The maximum atomic E-state index is 9.33. The first-order valence-corrected chi connectivity index (χ1v) is 6.52. The molecule has 68 valence electrons. The molecule has 0 fully saturated rings. The number of nitrogens with one attached hydrogen (secondary N) is 1. The lowest BCUT2D eigenvalue weighted by Gasteiger charge is -2.15. The summed E-state index contributed by atoms with van der Waals surface area (Å²) in [7, 11) is 0. The van der Waals surface area contributed by atoms with Crippen molar-refractivity contribution in [1.82, 2.24) is 5.09 Å². The van der Waals surface area contributed by atoms with Crippen LogP contribution in [-0.2, 0) is 16.3 Å². The predicted molar refractivity (Wildman–Crippen MR) is 51.0 cm³/mol. The standard InChI is InChI=1S/C6H16NO2PS/c1-3-5-6-7-10(8,11)9-4-2/h3-6H2,1-2H3,(H2,7,8,11). The summed E-state index contributed by atoms with van der Waals surface area (Å²) in [5.41, 5.74) is 0. The van der Waals surface area contributed by atoms with Crippen LogP contribution >= 0.6 is 6.64 Å². The maximum absolute atomic E-state index is 9.33. The Bertz CT molecular complexity index is 143. The van der Waals surface area contributed by atoms with E-state index >= 15 is 0 Å². The highest BCUT2D eigenvalue weighted by molar-refractivity contribution is 8.08. The normalized spacial score (nSPS) is 16.3. The maximum Gasteiger partial charge on any atom is 0.258 e. The highest BCUT2D eigenvalue weighted by Gasteiger charge is 2.09. The van der Waals surface area contributed by atoms with Gasteiger partial charge in [0.15, 0.2) is 0 Å². The highest BCUT2D eigenvalue weighted by atomic mass is 32.5. The van der Waals surface area contributed by atoms with Gasteiger partial charge in [-0.15, -0.1) is 0 Å². The lowest BCUT2D eigenvalue weighted by molar-refractivity contribution is 0.317. The van der Waals surface area contributed by atoms with Crippen LogP contribution in [0.4, 0.5) is 0 Å². The fraction of sp³-hybridized carbons (Fsp3) is 1.00. The van der Waals surface area contributed by atoms with E-state index in [0.717, 1.165) is 19.4 Å². The number of rotatable bonds is 6. The highest BCUT2D eigenvalue weighted by Crippen LogP contribution is 2.36. The van der Waals surface area contributed by atoms with Gasteiger partial charge < -0.3 is 9.42 Å². The number of hydrogen-bond donors (Lipinski definition) is 2. The summed E-state index contributed by atoms with van der Waals surface area (Å²) >= 11 is 4.79. The van der Waals surface area contributed by atoms with E-state index in [1.807, 2.05) is 6.92 Å². The van der Waals surface area contributed by atoms with Gasteiger partial charge in [0.2, 0.25) is 0 Å². The fourth-order valence-electron chi connectivity index (χ4n) is 0.618. The second kappa shape index (κ2) is 6.09. The third kappa shape index (κ3) is 6.91. The van der Waals surface area contributed by atoms with Gasteiger partial charge in [-0.2, -0.15) is 0 Å². The molecule has 0 aliphatic rings. The topological polar surface area (TPSA) is 41.5 Å². The zero-order valence-corrected chi connectivity index (χ0v) is 8.75. The van der Waals surface area contributed by atoms with Gasteiger partial charge in [-0.05, 0) is 25.2 Å². The lowest BCUT2D eigenvalue weighted by Crippen LogP contribution is -2.13. The molecule has 0 spiro atoms. The smallest absolute Gasteiger partial charge is 0.258 e. The third-order valence-corrected chi connectivity index (χ3v) is 3.08. The second-order valence-electron chi connectivity index (χ2n) is 2.20. The Kier molecular flexibility index (Phi) is 6.38. The van der Waals surface area contributed by atoms with E-state index in [-0.39, 0.29) is 0 Å². The first kappa shape index (κ1) is 11.5. The van der Waals surface area contributed by atoms with Gasteiger partial charge in [0.1, 0.15) is 0 Å². The van der Waals surface area contributed by atoms with Gasteiger partial charge in [-0.3, -0.25) is 0 Å². The van der Waals surface area contributed by atoms with E-state index in [0.29, 0.717) is 6.61 Å². The summed E-state index contributed by atoms with van der Waals surface area (Å²) in [4.78, 5) is 9.33. The largest absolute Gasteiger partial charge is 0.334 e. The summed E-state index contributed by atoms with van der Waals surface area (Å²) in [6.07, 6.45) is 2.11. The van der Waals surface area contributed by atoms with E-state index in [1.165, 1.54) is 0 Å². The van der Waals surface area contributed by atoms with E-state index in [2.05, 4.69) is 12.0 Å². The summed E-state index contributed by atoms with van der Waals surface area (Å²) in [5, 5.41) is 2.82. The van der Waals surface area contributed by atoms with Gasteiger partial charge in [0, 0.05) is 6.54 Å². The van der Waals surface area contributed by atoms with Crippen molar-refractivity contribution in [1.29, 1.82) is 0 Å². The van der Waals surface area contributed by atoms with Gasteiger partial charge in [0.25, 0.3) is 6.64 Å². The molecule has 0 radical (unpaired) electrons. The quantitative estimate of drug-likeness (QED) is 0.501. The average molecular weight is 197 g/mol. The minimum atomic E-state index is -2.64. The molecule has 0 saturated carbocycles. The van der Waals surface area contributed by atoms with Crippen LogP contribution in [0, 0.1) is 0 Å². The van der Waals surface area contributed by atoms with Crippen molar-refractivity contribution in [2.45, 2.75) is 26.7 Å². The molecule has 0 rings (SSSR count). The van der Waals surface area contributed by atoms with E-state index in [4.69, 9.17) is 16.3 Å². The van der Waals surface area contributed by atoms with Crippen molar-refractivity contribution in [3.8, 4) is 0 Å². The molecule has 0 amide bonds. The van der Waals surface area contributed by atoms with Crippen LogP contribution in [0.25, 0.3) is 0 Å². The number of hydrogen-bond acceptors (Lipinski definition) is 2. The molecule has 3 nitrogen and oxygen atoms in total. The van der Waals surface area contributed by atoms with Crippen LogP contribution < -0.4 is 5.09 Å². The van der Waals surface area contributed by atoms with E-state index in [9.17, 15) is 4.89 Å². The molecule has 0 aromatic rings. The Morgan fingerprint density at radius 3 is 2.64 bits per heavy atom. The van der Waals surface area contributed by atoms with Crippen molar-refractivity contribution >= 4 is 18.4 Å². The van der Waals surface area contributed by atoms with Crippen LogP contribution in [0.3, 0.4) is 0 Å². The van der Waals surface area contributed by atoms with Gasteiger partial charge >= 0.3 is 0 Å². The third-order valence-electron chi connectivity index (χ3n) is 1.15. The van der Waals surface area contributed by atoms with Crippen molar-refractivity contribution in [3.63, 3.8) is 0 Å². The molecule has 2 N–H and O–H groups in total. The molecule has 0 aromatic heterocycles.